The van der Waals surface area contributed by atoms with Crippen LogP contribution in [0.5, 0.6) is 5.75 Å². The summed E-state index contributed by atoms with van der Waals surface area (Å²) in [6, 6.07) is 5.96. The van der Waals surface area contributed by atoms with Crippen molar-refractivity contribution in [1.82, 2.24) is 0 Å². The number of aryl methyl sites for hydroxylation is 2. The lowest BCUT2D eigenvalue weighted by atomic mass is 10.1. The van der Waals surface area contributed by atoms with Gasteiger partial charge in [-0.15, -0.1) is 0 Å². The molecule has 0 aliphatic rings. The van der Waals surface area contributed by atoms with E-state index < -0.39 is 0 Å². The highest BCUT2D eigenvalue weighted by molar-refractivity contribution is 6.63. The number of benzene rings is 1. The van der Waals surface area contributed by atoms with E-state index in [1.165, 1.54) is 11.1 Å². The first-order valence-corrected chi connectivity index (χ1v) is 5.36. The molecule has 15 heavy (non-hydrogen) atoms. The maximum atomic E-state index is 10.5. The Bertz CT molecular complexity index is 347. The van der Waals surface area contributed by atoms with Crippen LogP contribution in [0.25, 0.3) is 0 Å². The monoisotopic (exact) mass is 226 g/mol. The number of ether oxygens (including phenoxy) is 1. The van der Waals surface area contributed by atoms with E-state index in [0.717, 1.165) is 5.75 Å². The first-order valence-electron chi connectivity index (χ1n) is 4.98. The normalized spacial score (nSPS) is 10.1. The number of carbonyl (C=O) groups is 1. The number of hydrogen-bond donors (Lipinski definition) is 0. The zero-order valence-electron chi connectivity index (χ0n) is 9.05. The first kappa shape index (κ1) is 12.1. The molecule has 0 aliphatic heterocycles. The lowest BCUT2D eigenvalue weighted by molar-refractivity contribution is -0.111. The Kier molecular flexibility index (Phi) is 4.63. The van der Waals surface area contributed by atoms with Crippen LogP contribution in [-0.4, -0.2) is 11.8 Å². The van der Waals surface area contributed by atoms with Gasteiger partial charge in [-0.25, -0.2) is 0 Å². The fraction of sp³-hybridized carbons (Fsp3) is 0.417. The minimum atomic E-state index is -0.307. The molecule has 0 aliphatic carbocycles. The topological polar surface area (TPSA) is 26.3 Å². The van der Waals surface area contributed by atoms with Crippen LogP contribution in [0.2, 0.25) is 0 Å². The number of hydrogen-bond acceptors (Lipinski definition) is 2. The largest absolute Gasteiger partial charge is 0.494 e. The van der Waals surface area contributed by atoms with E-state index in [0.29, 0.717) is 19.4 Å². The second-order valence-corrected chi connectivity index (χ2v) is 3.97. The van der Waals surface area contributed by atoms with Gasteiger partial charge >= 0.3 is 0 Å². The summed E-state index contributed by atoms with van der Waals surface area (Å²) in [6.07, 6.45) is 1.03. The van der Waals surface area contributed by atoms with Crippen molar-refractivity contribution in [1.29, 1.82) is 0 Å². The van der Waals surface area contributed by atoms with E-state index in [4.69, 9.17) is 16.3 Å². The molecular weight excluding hydrogens is 212 g/mol. The molecule has 0 aromatic heterocycles. The number of rotatable bonds is 5. The molecule has 3 heteroatoms. The second kappa shape index (κ2) is 5.76. The summed E-state index contributed by atoms with van der Waals surface area (Å²) in [5, 5.41) is -0.307. The summed E-state index contributed by atoms with van der Waals surface area (Å²) in [6.45, 7) is 4.64. The summed E-state index contributed by atoms with van der Waals surface area (Å²) in [5.41, 5.74) is 2.46. The molecule has 0 atom stereocenters. The predicted molar refractivity (Wildman–Crippen MR) is 61.5 cm³/mol. The Morgan fingerprint density at radius 1 is 1.33 bits per heavy atom. The molecule has 1 aromatic rings. The van der Waals surface area contributed by atoms with Gasteiger partial charge in [0.25, 0.3) is 0 Å². The zero-order valence-corrected chi connectivity index (χ0v) is 9.80. The van der Waals surface area contributed by atoms with Gasteiger partial charge in [-0.1, -0.05) is 6.07 Å². The summed E-state index contributed by atoms with van der Waals surface area (Å²) >= 11 is 5.21. The minimum absolute atomic E-state index is 0.307. The molecule has 82 valence electrons. The highest BCUT2D eigenvalue weighted by atomic mass is 35.5. The highest BCUT2D eigenvalue weighted by Crippen LogP contribution is 2.16. The maximum Gasteiger partial charge on any atom is 0.221 e. The van der Waals surface area contributed by atoms with Gasteiger partial charge in [-0.05, 0) is 55.1 Å². The van der Waals surface area contributed by atoms with Crippen LogP contribution in [-0.2, 0) is 4.79 Å². The Morgan fingerprint density at radius 2 is 2.07 bits per heavy atom. The van der Waals surface area contributed by atoms with Crippen LogP contribution < -0.4 is 4.74 Å². The van der Waals surface area contributed by atoms with Crippen LogP contribution in [0.4, 0.5) is 0 Å². The molecular formula is C12H15ClO2. The number of carbonyl (C=O) groups excluding carboxylic acids is 1. The van der Waals surface area contributed by atoms with Crippen molar-refractivity contribution in [2.45, 2.75) is 26.7 Å². The maximum absolute atomic E-state index is 10.5. The van der Waals surface area contributed by atoms with E-state index >= 15 is 0 Å². The fourth-order valence-corrected chi connectivity index (χ4v) is 1.34. The van der Waals surface area contributed by atoms with Crippen molar-refractivity contribution < 1.29 is 9.53 Å². The van der Waals surface area contributed by atoms with Gasteiger partial charge in [0, 0.05) is 6.42 Å². The summed E-state index contributed by atoms with van der Waals surface area (Å²) < 4.78 is 5.48. The van der Waals surface area contributed by atoms with Gasteiger partial charge in [0.2, 0.25) is 5.24 Å². The van der Waals surface area contributed by atoms with E-state index in [1.807, 2.05) is 25.1 Å². The predicted octanol–water partition coefficient (Wildman–Crippen LogP) is 3.23. The van der Waals surface area contributed by atoms with Gasteiger partial charge in [-0.2, -0.15) is 0 Å². The molecule has 1 aromatic carbocycles. The zero-order chi connectivity index (χ0) is 11.3. The summed E-state index contributed by atoms with van der Waals surface area (Å²) in [5.74, 6) is 0.847. The van der Waals surface area contributed by atoms with Crippen LogP contribution in [0, 0.1) is 13.8 Å². The average molecular weight is 227 g/mol. The SMILES string of the molecule is Cc1ccc(OCCCC(=O)Cl)cc1C. The van der Waals surface area contributed by atoms with E-state index in [2.05, 4.69) is 6.92 Å². The highest BCUT2D eigenvalue weighted by Gasteiger charge is 1.99. The van der Waals surface area contributed by atoms with Crippen LogP contribution in [0.1, 0.15) is 24.0 Å². The smallest absolute Gasteiger partial charge is 0.221 e. The Balaban J connectivity index is 2.38. The Hall–Kier alpha value is -1.02. The minimum Gasteiger partial charge on any atom is -0.494 e. The molecule has 0 radical (unpaired) electrons. The Morgan fingerprint density at radius 3 is 2.67 bits per heavy atom. The van der Waals surface area contributed by atoms with E-state index in [1.54, 1.807) is 0 Å². The molecule has 0 amide bonds. The Labute approximate surface area is 95.2 Å². The van der Waals surface area contributed by atoms with Gasteiger partial charge in [0.05, 0.1) is 6.61 Å². The quantitative estimate of drug-likeness (QED) is 0.569. The molecule has 0 heterocycles. The molecule has 0 saturated heterocycles. The fourth-order valence-electron chi connectivity index (χ4n) is 1.20. The average Bonchev–Trinajstić information content (AvgIpc) is 2.18. The molecule has 0 spiro atoms. The van der Waals surface area contributed by atoms with Gasteiger partial charge in [0.15, 0.2) is 0 Å². The van der Waals surface area contributed by atoms with E-state index in [-0.39, 0.29) is 5.24 Å². The molecule has 0 bridgehead atoms. The van der Waals surface area contributed by atoms with Crippen molar-refractivity contribution in [3.63, 3.8) is 0 Å². The van der Waals surface area contributed by atoms with Crippen molar-refractivity contribution in [3.05, 3.63) is 29.3 Å². The first-order chi connectivity index (χ1) is 7.09. The van der Waals surface area contributed by atoms with E-state index in [9.17, 15) is 4.79 Å². The van der Waals surface area contributed by atoms with Gasteiger partial charge < -0.3 is 4.74 Å². The third kappa shape index (κ3) is 4.34. The summed E-state index contributed by atoms with van der Waals surface area (Å²) in [7, 11) is 0. The number of halogens is 1. The van der Waals surface area contributed by atoms with Crippen molar-refractivity contribution in [2.75, 3.05) is 6.61 Å². The van der Waals surface area contributed by atoms with Crippen molar-refractivity contribution in [2.24, 2.45) is 0 Å². The van der Waals surface area contributed by atoms with Crippen molar-refractivity contribution >= 4 is 16.8 Å². The molecule has 0 fully saturated rings. The van der Waals surface area contributed by atoms with Crippen LogP contribution >= 0.6 is 11.6 Å². The standard InChI is InChI=1S/C12H15ClO2/c1-9-5-6-11(8-10(9)2)15-7-3-4-12(13)14/h5-6,8H,3-4,7H2,1-2H3. The third-order valence-electron chi connectivity index (χ3n) is 2.26. The lowest BCUT2D eigenvalue weighted by Crippen LogP contribution is -1.99. The van der Waals surface area contributed by atoms with Crippen LogP contribution in [0.3, 0.4) is 0 Å². The second-order valence-electron chi connectivity index (χ2n) is 3.55. The molecule has 2 nitrogen and oxygen atoms in total. The van der Waals surface area contributed by atoms with Gasteiger partial charge in [0.1, 0.15) is 5.75 Å². The van der Waals surface area contributed by atoms with Crippen LogP contribution in [0.15, 0.2) is 18.2 Å². The summed E-state index contributed by atoms with van der Waals surface area (Å²) in [4.78, 5) is 10.5. The van der Waals surface area contributed by atoms with Gasteiger partial charge in [-0.3, -0.25) is 4.79 Å². The molecule has 0 N–H and O–H groups in total. The molecule has 0 saturated carbocycles. The molecule has 0 unspecified atom stereocenters. The molecule has 1 rings (SSSR count). The lowest BCUT2D eigenvalue weighted by Gasteiger charge is -2.07. The van der Waals surface area contributed by atoms with Crippen molar-refractivity contribution in [3.8, 4) is 5.75 Å². The third-order valence-corrected chi connectivity index (χ3v) is 2.45.